The van der Waals surface area contributed by atoms with E-state index in [1.165, 1.54) is 0 Å². The van der Waals surface area contributed by atoms with E-state index in [0.717, 1.165) is 5.69 Å². The van der Waals surface area contributed by atoms with Crippen molar-refractivity contribution in [3.05, 3.63) is 18.2 Å². The van der Waals surface area contributed by atoms with Gasteiger partial charge in [0.2, 0.25) is 5.91 Å². The summed E-state index contributed by atoms with van der Waals surface area (Å²) in [6.07, 6.45) is 0. The lowest BCUT2D eigenvalue weighted by Crippen LogP contribution is -2.38. The molecule has 100 valence electrons. The highest BCUT2D eigenvalue weighted by Crippen LogP contribution is 2.30. The Hall–Kier alpha value is -1.91. The zero-order chi connectivity index (χ0) is 13.7. The predicted octanol–water partition coefficient (Wildman–Crippen LogP) is 1.24. The Balaban J connectivity index is 2.78. The molecule has 18 heavy (non-hydrogen) atoms. The van der Waals surface area contributed by atoms with Crippen LogP contribution in [0.15, 0.2) is 18.2 Å². The van der Waals surface area contributed by atoms with E-state index in [0.29, 0.717) is 11.4 Å². The quantitative estimate of drug-likeness (QED) is 0.773. The van der Waals surface area contributed by atoms with Crippen LogP contribution in [0.25, 0.3) is 0 Å². The van der Waals surface area contributed by atoms with Gasteiger partial charge >= 0.3 is 0 Å². The van der Waals surface area contributed by atoms with E-state index < -0.39 is 0 Å². The van der Waals surface area contributed by atoms with E-state index in [-0.39, 0.29) is 18.5 Å². The lowest BCUT2D eigenvalue weighted by Gasteiger charge is -2.22. The Morgan fingerprint density at radius 3 is 2.72 bits per heavy atom. The molecule has 0 atom stereocenters. The molecule has 0 heterocycles. The molecule has 0 aliphatic heterocycles. The topological polar surface area (TPSA) is 67.6 Å². The summed E-state index contributed by atoms with van der Waals surface area (Å²) in [4.78, 5) is 13.5. The number of ether oxygens (including phenoxy) is 1. The summed E-state index contributed by atoms with van der Waals surface area (Å²) < 4.78 is 5.15. The second-order valence-electron chi connectivity index (χ2n) is 4.47. The average molecular weight is 251 g/mol. The number of nitrogens with one attached hydrogen (secondary N) is 1. The highest BCUT2D eigenvalue weighted by molar-refractivity contribution is 5.84. The number of nitrogen functional groups attached to an aromatic ring is 1. The molecule has 0 unspecified atom stereocenters. The minimum Gasteiger partial charge on any atom is -0.495 e. The summed E-state index contributed by atoms with van der Waals surface area (Å²) >= 11 is 0. The van der Waals surface area contributed by atoms with Crippen molar-refractivity contribution in [1.82, 2.24) is 5.32 Å². The number of nitrogens with zero attached hydrogens (tertiary/aromatic N) is 1. The van der Waals surface area contributed by atoms with E-state index in [9.17, 15) is 4.79 Å². The largest absolute Gasteiger partial charge is 0.495 e. The molecule has 3 N–H and O–H groups in total. The van der Waals surface area contributed by atoms with Gasteiger partial charge in [-0.15, -0.1) is 0 Å². The summed E-state index contributed by atoms with van der Waals surface area (Å²) in [6, 6.07) is 5.64. The number of benzene rings is 1. The van der Waals surface area contributed by atoms with Crippen molar-refractivity contribution < 1.29 is 9.53 Å². The third-order valence-electron chi connectivity index (χ3n) is 2.50. The maximum Gasteiger partial charge on any atom is 0.239 e. The van der Waals surface area contributed by atoms with Gasteiger partial charge < -0.3 is 20.7 Å². The Morgan fingerprint density at radius 2 is 2.17 bits per heavy atom. The minimum atomic E-state index is -0.0327. The molecule has 5 heteroatoms. The molecule has 0 fully saturated rings. The van der Waals surface area contributed by atoms with Crippen molar-refractivity contribution in [2.45, 2.75) is 19.9 Å². The monoisotopic (exact) mass is 251 g/mol. The van der Waals surface area contributed by atoms with E-state index in [4.69, 9.17) is 10.5 Å². The van der Waals surface area contributed by atoms with Crippen molar-refractivity contribution in [2.24, 2.45) is 0 Å². The normalized spacial score (nSPS) is 10.3. The van der Waals surface area contributed by atoms with Crippen LogP contribution in [-0.4, -0.2) is 32.7 Å². The standard InChI is InChI=1S/C13H21N3O2/c1-9(2)15-12(17)8-16(3)10-6-5-7-11(18-4)13(10)14/h5-7,9H,8,14H2,1-4H3,(H,15,17). The number of methoxy groups -OCH3 is 1. The number of hydrogen-bond donors (Lipinski definition) is 2. The van der Waals surface area contributed by atoms with Crippen LogP contribution in [0, 0.1) is 0 Å². The van der Waals surface area contributed by atoms with E-state index in [1.54, 1.807) is 18.1 Å². The van der Waals surface area contributed by atoms with Crippen molar-refractivity contribution in [2.75, 3.05) is 31.3 Å². The van der Waals surface area contributed by atoms with Crippen LogP contribution in [0.4, 0.5) is 11.4 Å². The molecule has 1 amide bonds. The van der Waals surface area contributed by atoms with Crippen LogP contribution < -0.4 is 20.7 Å². The van der Waals surface area contributed by atoms with Crippen molar-refractivity contribution >= 4 is 17.3 Å². The Morgan fingerprint density at radius 1 is 1.50 bits per heavy atom. The maximum atomic E-state index is 11.7. The molecule has 1 rings (SSSR count). The summed E-state index contributed by atoms with van der Waals surface area (Å²) in [6.45, 7) is 4.12. The van der Waals surface area contributed by atoms with Gasteiger partial charge in [0, 0.05) is 13.1 Å². The van der Waals surface area contributed by atoms with Gasteiger partial charge in [-0.1, -0.05) is 6.07 Å². The fourth-order valence-electron chi connectivity index (χ4n) is 1.71. The number of hydrogen-bond acceptors (Lipinski definition) is 4. The van der Waals surface area contributed by atoms with Gasteiger partial charge in [-0.2, -0.15) is 0 Å². The number of anilines is 2. The first-order chi connectivity index (χ1) is 8.45. The summed E-state index contributed by atoms with van der Waals surface area (Å²) in [5.41, 5.74) is 7.30. The lowest BCUT2D eigenvalue weighted by atomic mass is 10.2. The number of nitrogens with two attached hydrogens (primary N) is 1. The van der Waals surface area contributed by atoms with Gasteiger partial charge in [0.05, 0.1) is 25.0 Å². The van der Waals surface area contributed by atoms with Crippen LogP contribution in [0.3, 0.4) is 0 Å². The highest BCUT2D eigenvalue weighted by atomic mass is 16.5. The van der Waals surface area contributed by atoms with Gasteiger partial charge in [0.1, 0.15) is 5.75 Å². The molecular weight excluding hydrogens is 230 g/mol. The van der Waals surface area contributed by atoms with Crippen LogP contribution in [0.1, 0.15) is 13.8 Å². The van der Waals surface area contributed by atoms with E-state index in [1.807, 2.05) is 33.0 Å². The first-order valence-electron chi connectivity index (χ1n) is 5.88. The highest BCUT2D eigenvalue weighted by Gasteiger charge is 2.12. The summed E-state index contributed by atoms with van der Waals surface area (Å²) in [7, 11) is 3.39. The SMILES string of the molecule is COc1cccc(N(C)CC(=O)NC(C)C)c1N. The fraction of sp³-hybridized carbons (Fsp3) is 0.462. The lowest BCUT2D eigenvalue weighted by molar-refractivity contribution is -0.120. The second kappa shape index (κ2) is 6.14. The van der Waals surface area contributed by atoms with Gasteiger partial charge in [-0.25, -0.2) is 0 Å². The third-order valence-corrected chi connectivity index (χ3v) is 2.50. The molecular formula is C13H21N3O2. The Labute approximate surface area is 108 Å². The molecule has 5 nitrogen and oxygen atoms in total. The predicted molar refractivity (Wildman–Crippen MR) is 74.0 cm³/mol. The minimum absolute atomic E-state index is 0.0327. The van der Waals surface area contributed by atoms with Crippen LogP contribution >= 0.6 is 0 Å². The number of carbonyl (C=O) groups is 1. The number of para-hydroxylation sites is 1. The van der Waals surface area contributed by atoms with Gasteiger partial charge in [-0.3, -0.25) is 4.79 Å². The molecule has 0 saturated heterocycles. The smallest absolute Gasteiger partial charge is 0.239 e. The Bertz CT molecular complexity index is 419. The molecule has 0 aliphatic rings. The molecule has 1 aromatic rings. The molecule has 0 aliphatic carbocycles. The molecule has 0 aromatic heterocycles. The van der Waals surface area contributed by atoms with Gasteiger partial charge in [0.15, 0.2) is 0 Å². The molecule has 0 radical (unpaired) electrons. The summed E-state index contributed by atoms with van der Waals surface area (Å²) in [5.74, 6) is 0.582. The molecule has 0 saturated carbocycles. The van der Waals surface area contributed by atoms with E-state index in [2.05, 4.69) is 5.32 Å². The molecule has 0 spiro atoms. The zero-order valence-electron chi connectivity index (χ0n) is 11.4. The molecule has 0 bridgehead atoms. The first-order valence-corrected chi connectivity index (χ1v) is 5.88. The first kappa shape index (κ1) is 14.2. The molecule has 1 aromatic carbocycles. The van der Waals surface area contributed by atoms with E-state index >= 15 is 0 Å². The number of amides is 1. The van der Waals surface area contributed by atoms with Crippen LogP contribution in [0.2, 0.25) is 0 Å². The summed E-state index contributed by atoms with van der Waals surface area (Å²) in [5, 5.41) is 2.84. The average Bonchev–Trinajstić information content (AvgIpc) is 2.27. The third kappa shape index (κ3) is 3.55. The zero-order valence-corrected chi connectivity index (χ0v) is 11.4. The van der Waals surface area contributed by atoms with Crippen molar-refractivity contribution in [3.63, 3.8) is 0 Å². The second-order valence-corrected chi connectivity index (χ2v) is 4.47. The van der Waals surface area contributed by atoms with Gasteiger partial charge in [-0.05, 0) is 26.0 Å². The van der Waals surface area contributed by atoms with Crippen molar-refractivity contribution in [3.8, 4) is 5.75 Å². The number of likely N-dealkylation sites (N-methyl/N-ethyl adjacent to an activating group) is 1. The number of carbonyl (C=O) groups excluding carboxylic acids is 1. The maximum absolute atomic E-state index is 11.7. The Kier molecular flexibility index (Phi) is 4.83. The van der Waals surface area contributed by atoms with Crippen LogP contribution in [0.5, 0.6) is 5.75 Å². The fourth-order valence-corrected chi connectivity index (χ4v) is 1.71. The number of rotatable bonds is 5. The van der Waals surface area contributed by atoms with Crippen molar-refractivity contribution in [1.29, 1.82) is 0 Å². The van der Waals surface area contributed by atoms with Crippen LogP contribution in [-0.2, 0) is 4.79 Å². The van der Waals surface area contributed by atoms with Gasteiger partial charge in [0.25, 0.3) is 0 Å².